The SMILES string of the molecule is CC=C[C@H]1CCC[C@@H]1CCC(CCCC)C1CCCC1. The van der Waals surface area contributed by atoms with Crippen molar-refractivity contribution in [3.05, 3.63) is 12.2 Å². The third-order valence-corrected chi connectivity index (χ3v) is 6.06. The molecule has 2 aliphatic rings. The van der Waals surface area contributed by atoms with Gasteiger partial charge in [-0.15, -0.1) is 0 Å². The first-order valence-electron chi connectivity index (χ1n) is 9.48. The highest BCUT2D eigenvalue weighted by atomic mass is 14.3. The zero-order valence-corrected chi connectivity index (χ0v) is 13.9. The molecule has 0 aromatic rings. The summed E-state index contributed by atoms with van der Waals surface area (Å²) in [5, 5.41) is 0. The highest BCUT2D eigenvalue weighted by Gasteiger charge is 2.28. The summed E-state index contributed by atoms with van der Waals surface area (Å²) >= 11 is 0. The minimum atomic E-state index is 0.912. The Bertz CT molecular complexity index is 272. The van der Waals surface area contributed by atoms with Crippen LogP contribution < -0.4 is 0 Å². The molecular weight excluding hydrogens is 240 g/mol. The van der Waals surface area contributed by atoms with E-state index in [-0.39, 0.29) is 0 Å². The molecule has 20 heavy (non-hydrogen) atoms. The first-order valence-corrected chi connectivity index (χ1v) is 9.48. The summed E-state index contributed by atoms with van der Waals surface area (Å²) in [5.41, 5.74) is 0. The molecule has 0 spiro atoms. The van der Waals surface area contributed by atoms with Crippen LogP contribution in [0.5, 0.6) is 0 Å². The van der Waals surface area contributed by atoms with Crippen molar-refractivity contribution < 1.29 is 0 Å². The first-order chi connectivity index (χ1) is 9.85. The van der Waals surface area contributed by atoms with Crippen LogP contribution in [0.3, 0.4) is 0 Å². The molecule has 0 nitrogen and oxygen atoms in total. The van der Waals surface area contributed by atoms with Crippen molar-refractivity contribution in [3.8, 4) is 0 Å². The van der Waals surface area contributed by atoms with Crippen LogP contribution in [0.2, 0.25) is 0 Å². The van der Waals surface area contributed by atoms with Crippen LogP contribution in [0.25, 0.3) is 0 Å². The van der Waals surface area contributed by atoms with Crippen LogP contribution in [-0.4, -0.2) is 0 Å². The second-order valence-corrected chi connectivity index (χ2v) is 7.40. The van der Waals surface area contributed by atoms with E-state index >= 15 is 0 Å². The molecule has 0 N–H and O–H groups in total. The van der Waals surface area contributed by atoms with Gasteiger partial charge in [-0.1, -0.05) is 70.4 Å². The van der Waals surface area contributed by atoms with Crippen molar-refractivity contribution in [2.45, 2.75) is 90.9 Å². The summed E-state index contributed by atoms with van der Waals surface area (Å²) in [4.78, 5) is 0. The van der Waals surface area contributed by atoms with Gasteiger partial charge in [-0.2, -0.15) is 0 Å². The van der Waals surface area contributed by atoms with Gasteiger partial charge in [0.2, 0.25) is 0 Å². The normalized spacial score (nSPS) is 29.5. The predicted octanol–water partition coefficient (Wildman–Crippen LogP) is 6.76. The van der Waals surface area contributed by atoms with Gasteiger partial charge in [-0.3, -0.25) is 0 Å². The number of allylic oxidation sites excluding steroid dienone is 2. The Morgan fingerprint density at radius 2 is 1.80 bits per heavy atom. The molecule has 2 rings (SSSR count). The van der Waals surface area contributed by atoms with E-state index in [4.69, 9.17) is 0 Å². The summed E-state index contributed by atoms with van der Waals surface area (Å²) in [6.07, 6.45) is 22.7. The van der Waals surface area contributed by atoms with Crippen molar-refractivity contribution in [2.24, 2.45) is 23.7 Å². The van der Waals surface area contributed by atoms with Crippen LogP contribution in [0.1, 0.15) is 90.9 Å². The van der Waals surface area contributed by atoms with Gasteiger partial charge in [0.25, 0.3) is 0 Å². The number of hydrogen-bond donors (Lipinski definition) is 0. The standard InChI is InChI=1S/C20H36/c1-3-5-10-19(18-11-6-7-12-18)15-16-20-14-8-13-17(20)9-4-2/h4,9,17-20H,3,5-8,10-16H2,1-2H3/t17-,19?,20+/m0/s1. The monoisotopic (exact) mass is 276 g/mol. The Labute approximate surface area is 127 Å². The van der Waals surface area contributed by atoms with Gasteiger partial charge >= 0.3 is 0 Å². The fraction of sp³-hybridized carbons (Fsp3) is 0.900. The predicted molar refractivity (Wildman–Crippen MR) is 89.9 cm³/mol. The minimum Gasteiger partial charge on any atom is -0.0914 e. The van der Waals surface area contributed by atoms with E-state index in [1.54, 1.807) is 0 Å². The molecule has 116 valence electrons. The molecule has 0 aromatic heterocycles. The van der Waals surface area contributed by atoms with Crippen molar-refractivity contribution in [1.82, 2.24) is 0 Å². The van der Waals surface area contributed by atoms with E-state index in [2.05, 4.69) is 26.0 Å². The molecule has 2 aliphatic carbocycles. The molecule has 0 bridgehead atoms. The van der Waals surface area contributed by atoms with Crippen LogP contribution in [0, 0.1) is 23.7 Å². The highest BCUT2D eigenvalue weighted by Crippen LogP contribution is 2.41. The van der Waals surface area contributed by atoms with Crippen LogP contribution in [0.15, 0.2) is 12.2 Å². The maximum atomic E-state index is 2.49. The van der Waals surface area contributed by atoms with E-state index in [1.807, 2.05) is 0 Å². The van der Waals surface area contributed by atoms with Crippen LogP contribution >= 0.6 is 0 Å². The third kappa shape index (κ3) is 4.64. The summed E-state index contributed by atoms with van der Waals surface area (Å²) < 4.78 is 0. The van der Waals surface area contributed by atoms with E-state index in [9.17, 15) is 0 Å². The van der Waals surface area contributed by atoms with Gasteiger partial charge in [-0.25, -0.2) is 0 Å². The topological polar surface area (TPSA) is 0 Å². The molecule has 0 amide bonds. The van der Waals surface area contributed by atoms with Crippen LogP contribution in [-0.2, 0) is 0 Å². The maximum absolute atomic E-state index is 2.49. The Morgan fingerprint density at radius 3 is 2.50 bits per heavy atom. The second kappa shape index (κ2) is 8.90. The average Bonchev–Trinajstić information content (AvgIpc) is 3.11. The smallest absolute Gasteiger partial charge is 0.0205 e. The van der Waals surface area contributed by atoms with Gasteiger partial charge in [0, 0.05) is 0 Å². The number of hydrogen-bond acceptors (Lipinski definition) is 0. The average molecular weight is 277 g/mol. The molecule has 0 heterocycles. The maximum Gasteiger partial charge on any atom is -0.0205 e. The lowest BCUT2D eigenvalue weighted by Gasteiger charge is -2.26. The molecule has 2 saturated carbocycles. The quantitative estimate of drug-likeness (QED) is 0.430. The van der Waals surface area contributed by atoms with Gasteiger partial charge in [-0.05, 0) is 56.3 Å². The Kier molecular flexibility index (Phi) is 7.17. The molecule has 1 unspecified atom stereocenters. The van der Waals surface area contributed by atoms with E-state index in [1.165, 1.54) is 77.0 Å². The van der Waals surface area contributed by atoms with Crippen molar-refractivity contribution >= 4 is 0 Å². The zero-order chi connectivity index (χ0) is 14.2. The van der Waals surface area contributed by atoms with Crippen molar-refractivity contribution in [2.75, 3.05) is 0 Å². The molecule has 0 aromatic carbocycles. The summed E-state index contributed by atoms with van der Waals surface area (Å²) in [6.45, 7) is 4.54. The lowest BCUT2D eigenvalue weighted by Crippen LogP contribution is -2.15. The molecule has 0 heteroatoms. The summed E-state index contributed by atoms with van der Waals surface area (Å²) in [6, 6.07) is 0. The summed E-state index contributed by atoms with van der Waals surface area (Å²) in [5.74, 6) is 4.07. The highest BCUT2D eigenvalue weighted by molar-refractivity contribution is 4.93. The largest absolute Gasteiger partial charge is 0.0914 e. The minimum absolute atomic E-state index is 0.912. The zero-order valence-electron chi connectivity index (χ0n) is 13.9. The lowest BCUT2D eigenvalue weighted by molar-refractivity contribution is 0.260. The van der Waals surface area contributed by atoms with Gasteiger partial charge < -0.3 is 0 Å². The third-order valence-electron chi connectivity index (χ3n) is 6.06. The van der Waals surface area contributed by atoms with Gasteiger partial charge in [0.15, 0.2) is 0 Å². The molecule has 3 atom stereocenters. The Balaban J connectivity index is 1.80. The molecule has 0 aliphatic heterocycles. The van der Waals surface area contributed by atoms with Crippen molar-refractivity contribution in [3.63, 3.8) is 0 Å². The molecule has 0 saturated heterocycles. The Morgan fingerprint density at radius 1 is 1.00 bits per heavy atom. The van der Waals surface area contributed by atoms with Crippen molar-refractivity contribution in [1.29, 1.82) is 0 Å². The molecule has 0 radical (unpaired) electrons. The lowest BCUT2D eigenvalue weighted by atomic mass is 9.80. The Hall–Kier alpha value is -0.260. The molecular formula is C20H36. The summed E-state index contributed by atoms with van der Waals surface area (Å²) in [7, 11) is 0. The number of rotatable bonds is 8. The van der Waals surface area contributed by atoms with E-state index in [0.29, 0.717) is 0 Å². The van der Waals surface area contributed by atoms with Crippen LogP contribution in [0.4, 0.5) is 0 Å². The van der Waals surface area contributed by atoms with Gasteiger partial charge in [0.1, 0.15) is 0 Å². The number of unbranched alkanes of at least 4 members (excludes halogenated alkanes) is 1. The molecule has 2 fully saturated rings. The first kappa shape index (κ1) is 16.1. The fourth-order valence-electron chi connectivity index (χ4n) is 4.86. The van der Waals surface area contributed by atoms with Gasteiger partial charge in [0.05, 0.1) is 0 Å². The fourth-order valence-corrected chi connectivity index (χ4v) is 4.86. The van der Waals surface area contributed by atoms with E-state index < -0.39 is 0 Å². The van der Waals surface area contributed by atoms with E-state index in [0.717, 1.165) is 23.7 Å². The second-order valence-electron chi connectivity index (χ2n) is 7.40.